The van der Waals surface area contributed by atoms with E-state index in [-0.39, 0.29) is 5.97 Å². The molecule has 0 aliphatic heterocycles. The molecule has 0 aliphatic rings. The van der Waals surface area contributed by atoms with Crippen molar-refractivity contribution in [2.24, 2.45) is 5.73 Å². The number of carbonyl (C=O) groups is 1. The highest BCUT2D eigenvalue weighted by Crippen LogP contribution is 2.26. The van der Waals surface area contributed by atoms with E-state index in [0.717, 1.165) is 23.3 Å². The Morgan fingerprint density at radius 2 is 1.89 bits per heavy atom. The van der Waals surface area contributed by atoms with Crippen LogP contribution in [0.25, 0.3) is 0 Å². The molecule has 2 N–H and O–H groups in total. The number of ether oxygens (including phenoxy) is 2. The maximum atomic E-state index is 11.6. The quantitative estimate of drug-likeness (QED) is 0.800. The van der Waals surface area contributed by atoms with E-state index in [1.807, 2.05) is 26.0 Å². The third-order valence-corrected chi connectivity index (χ3v) is 2.87. The highest BCUT2D eigenvalue weighted by Gasteiger charge is 2.18. The monoisotopic (exact) mass is 265 g/mol. The van der Waals surface area contributed by atoms with Gasteiger partial charge in [-0.2, -0.15) is 0 Å². The van der Waals surface area contributed by atoms with E-state index in [1.54, 1.807) is 13.8 Å². The van der Waals surface area contributed by atoms with E-state index < -0.39 is 6.10 Å². The number of nitrogens with two attached hydrogens (primary N) is 1. The minimum Gasteiger partial charge on any atom is -0.478 e. The SMILES string of the molecule is CCOC(=O)C(C)Oc1c(C)cc(CCN)cc1C. The molecule has 0 heterocycles. The van der Waals surface area contributed by atoms with Crippen molar-refractivity contribution in [3.05, 3.63) is 28.8 Å². The minimum atomic E-state index is -0.599. The fourth-order valence-corrected chi connectivity index (χ4v) is 2.02. The highest BCUT2D eigenvalue weighted by atomic mass is 16.6. The van der Waals surface area contributed by atoms with Crippen LogP contribution in [0.15, 0.2) is 12.1 Å². The van der Waals surface area contributed by atoms with Gasteiger partial charge in [0, 0.05) is 0 Å². The van der Waals surface area contributed by atoms with E-state index in [1.165, 1.54) is 5.56 Å². The molecule has 0 fully saturated rings. The molecule has 1 aromatic rings. The zero-order valence-corrected chi connectivity index (χ0v) is 12.2. The molecule has 1 rings (SSSR count). The summed E-state index contributed by atoms with van der Waals surface area (Å²) in [6, 6.07) is 4.10. The Balaban J connectivity index is 2.86. The van der Waals surface area contributed by atoms with E-state index >= 15 is 0 Å². The van der Waals surface area contributed by atoms with Gasteiger partial charge in [0.1, 0.15) is 5.75 Å². The Hall–Kier alpha value is -1.55. The average molecular weight is 265 g/mol. The molecule has 0 bridgehead atoms. The minimum absolute atomic E-state index is 0.340. The van der Waals surface area contributed by atoms with E-state index in [0.29, 0.717) is 13.2 Å². The molecule has 4 nitrogen and oxygen atoms in total. The molecule has 0 spiro atoms. The third-order valence-electron chi connectivity index (χ3n) is 2.87. The van der Waals surface area contributed by atoms with Crippen LogP contribution >= 0.6 is 0 Å². The molecule has 4 heteroatoms. The summed E-state index contributed by atoms with van der Waals surface area (Å²) in [4.78, 5) is 11.6. The predicted molar refractivity (Wildman–Crippen MR) is 75.4 cm³/mol. The number of carbonyl (C=O) groups excluding carboxylic acids is 1. The summed E-state index contributed by atoms with van der Waals surface area (Å²) in [5.41, 5.74) is 8.78. The zero-order valence-electron chi connectivity index (χ0n) is 12.2. The fraction of sp³-hybridized carbons (Fsp3) is 0.533. The number of aryl methyl sites for hydroxylation is 2. The van der Waals surface area contributed by atoms with Crippen LogP contribution in [0, 0.1) is 13.8 Å². The van der Waals surface area contributed by atoms with Crippen molar-refractivity contribution in [2.45, 2.75) is 40.2 Å². The van der Waals surface area contributed by atoms with Gasteiger partial charge in [-0.25, -0.2) is 4.79 Å². The lowest BCUT2D eigenvalue weighted by atomic mass is 10.0. The second-order valence-electron chi connectivity index (χ2n) is 4.61. The van der Waals surface area contributed by atoms with Crippen molar-refractivity contribution >= 4 is 5.97 Å². The number of hydrogen-bond acceptors (Lipinski definition) is 4. The van der Waals surface area contributed by atoms with Crippen molar-refractivity contribution in [2.75, 3.05) is 13.2 Å². The molecule has 0 saturated carbocycles. The molecule has 1 atom stereocenters. The van der Waals surface area contributed by atoms with Crippen LogP contribution in [0.2, 0.25) is 0 Å². The first kappa shape index (κ1) is 15.5. The van der Waals surface area contributed by atoms with Crippen LogP contribution in [-0.2, 0) is 16.0 Å². The first-order chi connectivity index (χ1) is 8.99. The van der Waals surface area contributed by atoms with E-state index in [2.05, 4.69) is 0 Å². The van der Waals surface area contributed by atoms with Gasteiger partial charge < -0.3 is 15.2 Å². The van der Waals surface area contributed by atoms with Crippen molar-refractivity contribution in [3.8, 4) is 5.75 Å². The zero-order chi connectivity index (χ0) is 14.4. The standard InChI is InChI=1S/C15H23NO3/c1-5-18-15(17)12(4)19-14-10(2)8-13(6-7-16)9-11(14)3/h8-9,12H,5-7,16H2,1-4H3. The molecule has 19 heavy (non-hydrogen) atoms. The first-order valence-electron chi connectivity index (χ1n) is 6.63. The van der Waals surface area contributed by atoms with Crippen molar-refractivity contribution in [1.82, 2.24) is 0 Å². The van der Waals surface area contributed by atoms with Crippen LogP contribution in [0.3, 0.4) is 0 Å². The largest absolute Gasteiger partial charge is 0.478 e. The predicted octanol–water partition coefficient (Wildman–Crippen LogP) is 2.14. The van der Waals surface area contributed by atoms with Crippen LogP contribution < -0.4 is 10.5 Å². The molecular formula is C15H23NO3. The van der Waals surface area contributed by atoms with Gasteiger partial charge >= 0.3 is 5.97 Å². The summed E-state index contributed by atoms with van der Waals surface area (Å²) in [6.45, 7) is 8.41. The normalized spacial score (nSPS) is 12.1. The maximum Gasteiger partial charge on any atom is 0.347 e. The lowest BCUT2D eigenvalue weighted by Crippen LogP contribution is -2.26. The Morgan fingerprint density at radius 3 is 2.37 bits per heavy atom. The van der Waals surface area contributed by atoms with Gasteiger partial charge in [0.25, 0.3) is 0 Å². The Labute approximate surface area is 114 Å². The lowest BCUT2D eigenvalue weighted by Gasteiger charge is -2.18. The molecule has 1 unspecified atom stereocenters. The van der Waals surface area contributed by atoms with Crippen LogP contribution in [0.4, 0.5) is 0 Å². The molecule has 0 aromatic heterocycles. The van der Waals surface area contributed by atoms with Crippen molar-refractivity contribution < 1.29 is 14.3 Å². The fourth-order valence-electron chi connectivity index (χ4n) is 2.02. The number of rotatable bonds is 6. The van der Waals surface area contributed by atoms with Crippen molar-refractivity contribution in [3.63, 3.8) is 0 Å². The molecule has 0 amide bonds. The third kappa shape index (κ3) is 4.24. The molecule has 0 saturated heterocycles. The Morgan fingerprint density at radius 1 is 1.32 bits per heavy atom. The van der Waals surface area contributed by atoms with E-state index in [9.17, 15) is 4.79 Å². The molecule has 106 valence electrons. The van der Waals surface area contributed by atoms with E-state index in [4.69, 9.17) is 15.2 Å². The van der Waals surface area contributed by atoms with Gasteiger partial charge in [0.05, 0.1) is 6.61 Å². The summed E-state index contributed by atoms with van der Waals surface area (Å²) < 4.78 is 10.7. The van der Waals surface area contributed by atoms with Crippen molar-refractivity contribution in [1.29, 1.82) is 0 Å². The average Bonchev–Trinajstić information content (AvgIpc) is 2.34. The summed E-state index contributed by atoms with van der Waals surface area (Å²) in [5, 5.41) is 0. The topological polar surface area (TPSA) is 61.5 Å². The van der Waals surface area contributed by atoms with Gasteiger partial charge in [-0.3, -0.25) is 0 Å². The summed E-state index contributed by atoms with van der Waals surface area (Å²) in [6.07, 6.45) is 0.243. The maximum absolute atomic E-state index is 11.6. The summed E-state index contributed by atoms with van der Waals surface area (Å²) in [7, 11) is 0. The highest BCUT2D eigenvalue weighted by molar-refractivity contribution is 5.74. The van der Waals surface area contributed by atoms with Gasteiger partial charge in [-0.1, -0.05) is 12.1 Å². The molecule has 0 aliphatic carbocycles. The summed E-state index contributed by atoms with van der Waals surface area (Å²) in [5.74, 6) is 0.411. The van der Waals surface area contributed by atoms with Gasteiger partial charge in [0.15, 0.2) is 6.10 Å². The number of hydrogen-bond donors (Lipinski definition) is 1. The first-order valence-corrected chi connectivity index (χ1v) is 6.63. The number of benzene rings is 1. The number of esters is 1. The Bertz CT molecular complexity index is 420. The summed E-state index contributed by atoms with van der Waals surface area (Å²) >= 11 is 0. The van der Waals surface area contributed by atoms with Crippen LogP contribution in [-0.4, -0.2) is 25.2 Å². The van der Waals surface area contributed by atoms with Crippen LogP contribution in [0.5, 0.6) is 5.75 Å². The molecule has 1 aromatic carbocycles. The van der Waals surface area contributed by atoms with Gasteiger partial charge in [0.2, 0.25) is 0 Å². The lowest BCUT2D eigenvalue weighted by molar-refractivity contribution is -0.150. The van der Waals surface area contributed by atoms with Gasteiger partial charge in [-0.15, -0.1) is 0 Å². The second-order valence-corrected chi connectivity index (χ2v) is 4.61. The second kappa shape index (κ2) is 7.14. The molecular weight excluding hydrogens is 242 g/mol. The smallest absolute Gasteiger partial charge is 0.347 e. The van der Waals surface area contributed by atoms with Crippen LogP contribution in [0.1, 0.15) is 30.5 Å². The Kier molecular flexibility index (Phi) is 5.83. The van der Waals surface area contributed by atoms with Gasteiger partial charge in [-0.05, 0) is 57.4 Å². The molecule has 0 radical (unpaired) electrons.